The minimum absolute atomic E-state index is 0.0266. The van der Waals surface area contributed by atoms with Crippen LogP contribution >= 0.6 is 0 Å². The van der Waals surface area contributed by atoms with Crippen LogP contribution in [0.25, 0.3) is 16.7 Å². The molecule has 1 aromatic carbocycles. The Morgan fingerprint density at radius 1 is 1.30 bits per heavy atom. The van der Waals surface area contributed by atoms with Gasteiger partial charge in [-0.1, -0.05) is 18.2 Å². The lowest BCUT2D eigenvalue weighted by atomic mass is 10.0. The van der Waals surface area contributed by atoms with E-state index in [0.29, 0.717) is 18.5 Å². The molecule has 2 N–H and O–H groups in total. The fourth-order valence-electron chi connectivity index (χ4n) is 2.55. The van der Waals surface area contributed by atoms with Crippen molar-refractivity contribution in [2.24, 2.45) is 0 Å². The Kier molecular flexibility index (Phi) is 3.68. The first kappa shape index (κ1) is 14.6. The number of hydrogen-bond acceptors (Lipinski definition) is 7. The Morgan fingerprint density at radius 2 is 2.00 bits per heavy atom. The highest BCUT2D eigenvalue weighted by molar-refractivity contribution is 5.91. The summed E-state index contributed by atoms with van der Waals surface area (Å²) < 4.78 is 5.08. The normalized spacial score (nSPS) is 13.8. The van der Waals surface area contributed by atoms with Crippen LogP contribution in [0, 0.1) is 21.4 Å². The quantitative estimate of drug-likeness (QED) is 0.484. The zero-order chi connectivity index (χ0) is 16.4. The first-order valence-corrected chi connectivity index (χ1v) is 6.96. The molecule has 0 atom stereocenters. The smallest absolute Gasteiger partial charge is 0.355 e. The van der Waals surface area contributed by atoms with Crippen LogP contribution in [-0.4, -0.2) is 18.0 Å². The number of rotatable bonds is 2. The summed E-state index contributed by atoms with van der Waals surface area (Å²) in [5.74, 6) is 0.202. The van der Waals surface area contributed by atoms with E-state index in [1.54, 1.807) is 24.3 Å². The molecule has 116 valence electrons. The SMILES string of the molecule is N#Cc1c(C(=C2NCCCN2)[N+](=O)[O-])c2ccccc2oc1=O. The van der Waals surface area contributed by atoms with Gasteiger partial charge in [0.1, 0.15) is 11.7 Å². The van der Waals surface area contributed by atoms with Gasteiger partial charge in [-0.15, -0.1) is 0 Å². The number of nitro groups is 1. The molecule has 0 saturated carbocycles. The zero-order valence-electron chi connectivity index (χ0n) is 12.0. The molecule has 0 amide bonds. The van der Waals surface area contributed by atoms with Gasteiger partial charge in [-0.05, 0) is 12.5 Å². The van der Waals surface area contributed by atoms with E-state index in [2.05, 4.69) is 10.6 Å². The largest absolute Gasteiger partial charge is 0.422 e. The molecular formula is C15H12N4O4. The lowest BCUT2D eigenvalue weighted by Crippen LogP contribution is -2.37. The number of hydrogen-bond donors (Lipinski definition) is 2. The van der Waals surface area contributed by atoms with Crippen molar-refractivity contribution in [3.05, 3.63) is 61.7 Å². The van der Waals surface area contributed by atoms with Crippen LogP contribution in [-0.2, 0) is 0 Å². The molecule has 0 radical (unpaired) electrons. The molecule has 1 saturated heterocycles. The van der Waals surface area contributed by atoms with Crippen LogP contribution in [0.15, 0.2) is 39.3 Å². The molecule has 8 nitrogen and oxygen atoms in total. The third kappa shape index (κ3) is 2.48. The summed E-state index contributed by atoms with van der Waals surface area (Å²) in [7, 11) is 0. The van der Waals surface area contributed by atoms with Crippen LogP contribution in [0.4, 0.5) is 0 Å². The van der Waals surface area contributed by atoms with E-state index in [1.165, 1.54) is 6.07 Å². The van der Waals surface area contributed by atoms with Crippen molar-refractivity contribution in [1.82, 2.24) is 10.6 Å². The monoisotopic (exact) mass is 312 g/mol. The van der Waals surface area contributed by atoms with E-state index in [9.17, 15) is 20.2 Å². The maximum Gasteiger partial charge on any atom is 0.355 e. The number of nitriles is 1. The minimum Gasteiger partial charge on any atom is -0.422 e. The fourth-order valence-corrected chi connectivity index (χ4v) is 2.55. The molecule has 0 spiro atoms. The van der Waals surface area contributed by atoms with Gasteiger partial charge < -0.3 is 15.1 Å². The van der Waals surface area contributed by atoms with Gasteiger partial charge in [0.15, 0.2) is 11.4 Å². The molecule has 0 aliphatic carbocycles. The minimum atomic E-state index is -0.892. The molecule has 1 aliphatic rings. The van der Waals surface area contributed by atoms with Crippen LogP contribution < -0.4 is 16.3 Å². The molecule has 0 bridgehead atoms. The molecule has 1 aliphatic heterocycles. The van der Waals surface area contributed by atoms with Crippen LogP contribution in [0.2, 0.25) is 0 Å². The molecule has 2 heterocycles. The van der Waals surface area contributed by atoms with E-state index < -0.39 is 10.5 Å². The van der Waals surface area contributed by atoms with Crippen molar-refractivity contribution < 1.29 is 9.34 Å². The number of nitrogens with one attached hydrogen (secondary N) is 2. The van der Waals surface area contributed by atoms with Gasteiger partial charge in [-0.2, -0.15) is 5.26 Å². The second-order valence-corrected chi connectivity index (χ2v) is 4.94. The van der Waals surface area contributed by atoms with E-state index >= 15 is 0 Å². The summed E-state index contributed by atoms with van der Waals surface area (Å²) in [6.07, 6.45) is 0.817. The number of para-hydroxylation sites is 1. The van der Waals surface area contributed by atoms with E-state index in [-0.39, 0.29) is 28.2 Å². The predicted octanol–water partition coefficient (Wildman–Crippen LogP) is 1.15. The van der Waals surface area contributed by atoms with E-state index in [0.717, 1.165) is 6.42 Å². The van der Waals surface area contributed by atoms with E-state index in [1.807, 2.05) is 0 Å². The third-order valence-electron chi connectivity index (χ3n) is 3.54. The van der Waals surface area contributed by atoms with Gasteiger partial charge in [0.05, 0.1) is 10.5 Å². The molecular weight excluding hydrogens is 300 g/mol. The van der Waals surface area contributed by atoms with Gasteiger partial charge in [-0.3, -0.25) is 10.1 Å². The van der Waals surface area contributed by atoms with Crippen molar-refractivity contribution in [3.8, 4) is 6.07 Å². The number of fused-ring (bicyclic) bond motifs is 1. The zero-order valence-corrected chi connectivity index (χ0v) is 12.0. The maximum atomic E-state index is 12.0. The van der Waals surface area contributed by atoms with Crippen molar-refractivity contribution >= 4 is 16.7 Å². The van der Waals surface area contributed by atoms with Crippen molar-refractivity contribution in [2.75, 3.05) is 13.1 Å². The highest BCUT2D eigenvalue weighted by Crippen LogP contribution is 2.28. The standard InChI is InChI=1S/C15H12N4O4/c16-8-10-12(9-4-1-2-5-11(9)23-15(10)20)13(19(21)22)14-17-6-3-7-18-14/h1-2,4-5,17-18H,3,6-7H2. The molecule has 1 aromatic heterocycles. The van der Waals surface area contributed by atoms with Gasteiger partial charge in [0.2, 0.25) is 0 Å². The molecule has 2 aromatic rings. The van der Waals surface area contributed by atoms with Crippen LogP contribution in [0.3, 0.4) is 0 Å². The number of benzene rings is 1. The first-order chi connectivity index (χ1) is 11.1. The molecule has 8 heteroatoms. The second kappa shape index (κ2) is 5.81. The fraction of sp³-hybridized carbons (Fsp3) is 0.200. The van der Waals surface area contributed by atoms with Crippen LogP contribution in [0.5, 0.6) is 0 Å². The molecule has 1 fully saturated rings. The lowest BCUT2D eigenvalue weighted by molar-refractivity contribution is -0.376. The predicted molar refractivity (Wildman–Crippen MR) is 81.7 cm³/mol. The third-order valence-corrected chi connectivity index (χ3v) is 3.54. The average molecular weight is 312 g/mol. The maximum absolute atomic E-state index is 12.0. The van der Waals surface area contributed by atoms with Gasteiger partial charge in [-0.25, -0.2) is 4.79 Å². The Labute approximate surface area is 130 Å². The highest BCUT2D eigenvalue weighted by atomic mass is 16.6. The lowest BCUT2D eigenvalue weighted by Gasteiger charge is -2.19. The Bertz CT molecular complexity index is 915. The molecule has 3 rings (SSSR count). The Hall–Kier alpha value is -3.34. The summed E-state index contributed by atoms with van der Waals surface area (Å²) in [6, 6.07) is 8.16. The summed E-state index contributed by atoms with van der Waals surface area (Å²) in [5, 5.41) is 27.1. The molecule has 23 heavy (non-hydrogen) atoms. The van der Waals surface area contributed by atoms with Gasteiger partial charge in [0.25, 0.3) is 0 Å². The summed E-state index contributed by atoms with van der Waals surface area (Å²) in [4.78, 5) is 23.1. The molecule has 0 unspecified atom stereocenters. The highest BCUT2D eigenvalue weighted by Gasteiger charge is 2.30. The summed E-state index contributed by atoms with van der Waals surface area (Å²) in [5.41, 5.74) is -1.43. The number of nitrogens with zero attached hydrogens (tertiary/aromatic N) is 2. The summed E-state index contributed by atoms with van der Waals surface area (Å²) >= 11 is 0. The first-order valence-electron chi connectivity index (χ1n) is 6.96. The van der Waals surface area contributed by atoms with Crippen molar-refractivity contribution in [3.63, 3.8) is 0 Å². The Balaban J connectivity index is 2.43. The topological polar surface area (TPSA) is 121 Å². The second-order valence-electron chi connectivity index (χ2n) is 4.94. The summed E-state index contributed by atoms with van der Waals surface area (Å²) in [6.45, 7) is 1.14. The van der Waals surface area contributed by atoms with Gasteiger partial charge >= 0.3 is 11.3 Å². The van der Waals surface area contributed by atoms with Gasteiger partial charge in [0, 0.05) is 18.5 Å². The average Bonchev–Trinajstić information content (AvgIpc) is 2.55. The van der Waals surface area contributed by atoms with Crippen molar-refractivity contribution in [2.45, 2.75) is 6.42 Å². The van der Waals surface area contributed by atoms with Crippen molar-refractivity contribution in [1.29, 1.82) is 5.26 Å². The van der Waals surface area contributed by atoms with E-state index in [4.69, 9.17) is 4.42 Å². The van der Waals surface area contributed by atoms with Crippen LogP contribution in [0.1, 0.15) is 17.5 Å². The Morgan fingerprint density at radius 3 is 2.65 bits per heavy atom.